The molecule has 11 nitrogen and oxygen atoms in total. The molecule has 0 aliphatic heterocycles. The molecule has 0 aromatic heterocycles. The van der Waals surface area contributed by atoms with Crippen LogP contribution in [0.3, 0.4) is 0 Å². The van der Waals surface area contributed by atoms with Gasteiger partial charge in [0.15, 0.2) is 0 Å². The maximum absolute atomic E-state index is 9.30. The fraction of sp³-hybridized carbons (Fsp3) is 0.941. The second-order valence-corrected chi connectivity index (χ2v) is 13.3. The minimum atomic E-state index is -0.484. The quantitative estimate of drug-likeness (QED) is 0.0949. The molecule has 0 saturated heterocycles. The van der Waals surface area contributed by atoms with E-state index in [1.54, 1.807) is 18.7 Å². The summed E-state index contributed by atoms with van der Waals surface area (Å²) >= 11 is 1.64. The smallest absolute Gasteiger partial charge is 0.0781 e. The fourth-order valence-corrected chi connectivity index (χ4v) is 3.96. The van der Waals surface area contributed by atoms with Crippen LogP contribution in [0.1, 0.15) is 69.2 Å². The van der Waals surface area contributed by atoms with Crippen LogP contribution in [-0.4, -0.2) is 145 Å². The van der Waals surface area contributed by atoms with Crippen molar-refractivity contribution in [3.05, 3.63) is 12.0 Å². The highest BCUT2D eigenvalue weighted by atomic mass is 32.2. The van der Waals surface area contributed by atoms with Crippen LogP contribution in [-0.2, 0) is 47.4 Å². The molecule has 0 aliphatic carbocycles. The first-order chi connectivity index (χ1) is 21.8. The molecule has 1 N–H and O–H groups in total. The van der Waals surface area contributed by atoms with Crippen molar-refractivity contribution >= 4 is 11.8 Å². The summed E-state index contributed by atoms with van der Waals surface area (Å²) in [6, 6.07) is 0. The molecule has 10 unspecified atom stereocenters. The summed E-state index contributed by atoms with van der Waals surface area (Å²) in [4.78, 5) is 0. The van der Waals surface area contributed by atoms with Crippen LogP contribution in [0.25, 0.3) is 0 Å². The molecule has 0 radical (unpaired) electrons. The lowest BCUT2D eigenvalue weighted by Crippen LogP contribution is -2.30. The number of thioether (sulfide) groups is 1. The molecule has 46 heavy (non-hydrogen) atoms. The van der Waals surface area contributed by atoms with E-state index < -0.39 is 6.10 Å². The first kappa shape index (κ1) is 45.6. The Bertz CT molecular complexity index is 689. The number of hydrogen-bond donors (Lipinski definition) is 1. The lowest BCUT2D eigenvalue weighted by Gasteiger charge is -2.23. The van der Waals surface area contributed by atoms with E-state index in [-0.39, 0.29) is 54.9 Å². The Morgan fingerprint density at radius 1 is 0.435 bits per heavy atom. The van der Waals surface area contributed by atoms with E-state index in [4.69, 9.17) is 47.4 Å². The SMILES string of the molecule is C=CSCCOCC(C)OCC(C)OCC(C)OCC(C)OCC(C)OCC(C)OCC(C)OCC(C)OCC(C)OCC(C)O. The van der Waals surface area contributed by atoms with Gasteiger partial charge in [0.2, 0.25) is 0 Å². The molecular weight excluding hydrogens is 616 g/mol. The van der Waals surface area contributed by atoms with E-state index in [9.17, 15) is 5.11 Å². The summed E-state index contributed by atoms with van der Waals surface area (Å²) in [7, 11) is 0. The number of aliphatic hydroxyl groups is 1. The van der Waals surface area contributed by atoms with E-state index in [0.717, 1.165) is 5.75 Å². The highest BCUT2D eigenvalue weighted by Crippen LogP contribution is 2.06. The van der Waals surface area contributed by atoms with Crippen molar-refractivity contribution in [1.82, 2.24) is 0 Å². The predicted molar refractivity (Wildman–Crippen MR) is 184 cm³/mol. The average molecular weight is 685 g/mol. The molecule has 12 heteroatoms. The lowest BCUT2D eigenvalue weighted by atomic mass is 10.3. The summed E-state index contributed by atoms with van der Waals surface area (Å²) in [5, 5.41) is 11.1. The van der Waals surface area contributed by atoms with Crippen LogP contribution in [0, 0.1) is 0 Å². The van der Waals surface area contributed by atoms with Crippen molar-refractivity contribution < 1.29 is 52.5 Å². The van der Waals surface area contributed by atoms with Gasteiger partial charge in [-0.05, 0) is 74.6 Å². The molecule has 0 saturated carbocycles. The Balaban J connectivity index is 3.88. The molecular formula is C34H68O11S. The standard InChI is InChI=1S/C34H68O11S/c1-12-46-14-13-36-16-26(3)38-18-28(5)40-20-30(7)42-22-32(9)44-24-34(11)45-23-33(10)43-21-31(8)41-19-29(6)39-17-27(4)37-15-25(2)35/h12,25-35H,1,13-24H2,2-11H3. The summed E-state index contributed by atoms with van der Waals surface area (Å²) < 4.78 is 58.1. The topological polar surface area (TPSA) is 113 Å². The zero-order valence-electron chi connectivity index (χ0n) is 30.5. The molecule has 0 spiro atoms. The normalized spacial score (nSPS) is 18.7. The monoisotopic (exact) mass is 684 g/mol. The number of aliphatic hydroxyl groups excluding tert-OH is 1. The van der Waals surface area contributed by atoms with Crippen LogP contribution >= 0.6 is 11.8 Å². The van der Waals surface area contributed by atoms with E-state index in [2.05, 4.69) is 6.58 Å². The van der Waals surface area contributed by atoms with Crippen molar-refractivity contribution in [2.75, 3.05) is 78.4 Å². The molecule has 0 fully saturated rings. The third kappa shape index (κ3) is 29.8. The summed E-state index contributed by atoms with van der Waals surface area (Å²) in [5.74, 6) is 0.901. The van der Waals surface area contributed by atoms with Crippen molar-refractivity contribution in [2.45, 2.75) is 130 Å². The van der Waals surface area contributed by atoms with E-state index in [1.165, 1.54) is 0 Å². The van der Waals surface area contributed by atoms with Crippen molar-refractivity contribution in [3.8, 4) is 0 Å². The molecule has 0 heterocycles. The molecule has 0 aromatic rings. The van der Waals surface area contributed by atoms with Gasteiger partial charge in [0.25, 0.3) is 0 Å². The van der Waals surface area contributed by atoms with Gasteiger partial charge in [-0.15, -0.1) is 11.8 Å². The van der Waals surface area contributed by atoms with Crippen LogP contribution < -0.4 is 0 Å². The maximum Gasteiger partial charge on any atom is 0.0781 e. The van der Waals surface area contributed by atoms with Gasteiger partial charge < -0.3 is 52.5 Å². The number of hydrogen-bond acceptors (Lipinski definition) is 12. The second-order valence-electron chi connectivity index (χ2n) is 12.3. The second kappa shape index (κ2) is 29.6. The highest BCUT2D eigenvalue weighted by Gasteiger charge is 2.15. The average Bonchev–Trinajstić information content (AvgIpc) is 3.02. The molecule has 0 aliphatic rings. The van der Waals surface area contributed by atoms with Gasteiger partial charge in [0.05, 0.1) is 134 Å². The van der Waals surface area contributed by atoms with Crippen LogP contribution in [0.2, 0.25) is 0 Å². The van der Waals surface area contributed by atoms with Gasteiger partial charge in [0, 0.05) is 5.75 Å². The summed E-state index contributed by atoms with van der Waals surface area (Å²) in [6.07, 6.45) is -1.03. The molecule has 0 amide bonds. The van der Waals surface area contributed by atoms with E-state index >= 15 is 0 Å². The van der Waals surface area contributed by atoms with Gasteiger partial charge in [-0.1, -0.05) is 6.58 Å². The van der Waals surface area contributed by atoms with Gasteiger partial charge in [-0.3, -0.25) is 0 Å². The predicted octanol–water partition coefficient (Wildman–Crippen LogP) is 4.91. The molecule has 0 bridgehead atoms. The van der Waals surface area contributed by atoms with Gasteiger partial charge in [-0.2, -0.15) is 0 Å². The minimum absolute atomic E-state index is 0.0152. The zero-order valence-corrected chi connectivity index (χ0v) is 31.3. The van der Waals surface area contributed by atoms with Gasteiger partial charge in [-0.25, -0.2) is 0 Å². The fourth-order valence-electron chi connectivity index (χ4n) is 3.57. The Morgan fingerprint density at radius 2 is 0.674 bits per heavy atom. The molecule has 276 valence electrons. The first-order valence-electron chi connectivity index (χ1n) is 16.8. The largest absolute Gasteiger partial charge is 0.391 e. The number of ether oxygens (including phenoxy) is 10. The third-order valence-electron chi connectivity index (χ3n) is 6.36. The third-order valence-corrected chi connectivity index (χ3v) is 7.00. The maximum atomic E-state index is 9.30. The van der Waals surface area contributed by atoms with Crippen LogP contribution in [0.5, 0.6) is 0 Å². The van der Waals surface area contributed by atoms with E-state index in [1.807, 2.05) is 67.7 Å². The van der Waals surface area contributed by atoms with Crippen molar-refractivity contribution in [2.24, 2.45) is 0 Å². The van der Waals surface area contributed by atoms with Crippen molar-refractivity contribution in [3.63, 3.8) is 0 Å². The minimum Gasteiger partial charge on any atom is -0.391 e. The van der Waals surface area contributed by atoms with E-state index in [0.29, 0.717) is 72.7 Å². The highest BCUT2D eigenvalue weighted by molar-refractivity contribution is 8.02. The summed E-state index contributed by atoms with van der Waals surface area (Å²) in [5.41, 5.74) is 0. The molecule has 0 aromatic carbocycles. The molecule has 10 atom stereocenters. The van der Waals surface area contributed by atoms with Gasteiger partial charge >= 0.3 is 0 Å². The molecule has 0 rings (SSSR count). The Kier molecular flexibility index (Phi) is 29.3. The number of rotatable bonds is 33. The Labute approximate surface area is 284 Å². The van der Waals surface area contributed by atoms with Crippen molar-refractivity contribution in [1.29, 1.82) is 0 Å². The van der Waals surface area contributed by atoms with Crippen LogP contribution in [0.4, 0.5) is 0 Å². The lowest BCUT2D eigenvalue weighted by molar-refractivity contribution is -0.112. The Morgan fingerprint density at radius 3 is 0.913 bits per heavy atom. The summed E-state index contributed by atoms with van der Waals surface area (Å²) in [6.45, 7) is 28.5. The van der Waals surface area contributed by atoms with Gasteiger partial charge in [0.1, 0.15) is 0 Å². The first-order valence-corrected chi connectivity index (χ1v) is 17.9. The zero-order chi connectivity index (χ0) is 34.7. The Hall–Kier alpha value is -0.350. The van der Waals surface area contributed by atoms with Crippen LogP contribution in [0.15, 0.2) is 12.0 Å².